The molecule has 3 aromatic rings. The van der Waals surface area contributed by atoms with E-state index >= 15 is 0 Å². The minimum Gasteiger partial charge on any atom is -0.491 e. The number of nitrogens with zero attached hydrogens (tertiary/aromatic N) is 3. The molecule has 0 bridgehead atoms. The molecule has 11 heteroatoms. The highest BCUT2D eigenvalue weighted by atomic mass is 19.1. The van der Waals surface area contributed by atoms with Crippen molar-refractivity contribution in [2.75, 3.05) is 45.9 Å². The number of hydrazine groups is 1. The highest BCUT2D eigenvalue weighted by Crippen LogP contribution is 2.30. The SMILES string of the molecule is NN(CCC#Cc1ccc(OCCN2CCN(C(c3ccc(F)cc3)c3ccc(F)cc3)CC2)c(C(=O)O)c1)C(=O)O. The van der Waals surface area contributed by atoms with E-state index in [-0.39, 0.29) is 48.6 Å². The van der Waals surface area contributed by atoms with Crippen LogP contribution in [0.4, 0.5) is 13.6 Å². The Labute approximate surface area is 242 Å². The summed E-state index contributed by atoms with van der Waals surface area (Å²) in [6, 6.07) is 17.2. The van der Waals surface area contributed by atoms with Gasteiger partial charge in [0.2, 0.25) is 0 Å². The van der Waals surface area contributed by atoms with E-state index in [2.05, 4.69) is 21.6 Å². The van der Waals surface area contributed by atoms with Crippen molar-refractivity contribution in [1.82, 2.24) is 14.8 Å². The number of nitrogens with two attached hydrogens (primary N) is 1. The Morgan fingerprint density at radius 1 is 0.929 bits per heavy atom. The first-order valence-corrected chi connectivity index (χ1v) is 13.4. The maximum absolute atomic E-state index is 13.6. The lowest BCUT2D eigenvalue weighted by Gasteiger charge is -2.39. The van der Waals surface area contributed by atoms with Crippen LogP contribution in [0.3, 0.4) is 0 Å². The van der Waals surface area contributed by atoms with Crippen molar-refractivity contribution in [1.29, 1.82) is 0 Å². The van der Waals surface area contributed by atoms with Crippen LogP contribution in [-0.4, -0.2) is 83.0 Å². The molecule has 42 heavy (non-hydrogen) atoms. The number of hydrogen-bond donors (Lipinski definition) is 3. The van der Waals surface area contributed by atoms with Crippen LogP contribution in [0.2, 0.25) is 0 Å². The molecule has 0 unspecified atom stereocenters. The molecule has 1 fully saturated rings. The molecule has 1 saturated heterocycles. The summed E-state index contributed by atoms with van der Waals surface area (Å²) in [4.78, 5) is 27.1. The number of carboxylic acid groups (broad SMARTS) is 2. The lowest BCUT2D eigenvalue weighted by molar-refractivity contribution is 0.0689. The first-order chi connectivity index (χ1) is 20.2. The molecule has 1 aliphatic rings. The molecule has 4 rings (SSSR count). The predicted molar refractivity (Wildman–Crippen MR) is 152 cm³/mol. The lowest BCUT2D eigenvalue weighted by atomic mass is 9.96. The molecule has 220 valence electrons. The van der Waals surface area contributed by atoms with E-state index in [1.165, 1.54) is 30.3 Å². The first-order valence-electron chi connectivity index (χ1n) is 13.4. The molecular formula is C31H32F2N4O5. The number of ether oxygens (including phenoxy) is 1. The van der Waals surface area contributed by atoms with Gasteiger partial charge in [-0.25, -0.2) is 29.2 Å². The zero-order chi connectivity index (χ0) is 30.1. The third kappa shape index (κ3) is 8.27. The fourth-order valence-corrected chi connectivity index (χ4v) is 4.77. The molecule has 1 amide bonds. The van der Waals surface area contributed by atoms with Crippen LogP contribution >= 0.6 is 0 Å². The molecule has 0 atom stereocenters. The van der Waals surface area contributed by atoms with Gasteiger partial charge in [-0.15, -0.1) is 0 Å². The Bertz CT molecular complexity index is 1390. The van der Waals surface area contributed by atoms with E-state index in [4.69, 9.17) is 15.7 Å². The average Bonchev–Trinajstić information content (AvgIpc) is 2.98. The van der Waals surface area contributed by atoms with Gasteiger partial charge in [0.15, 0.2) is 0 Å². The largest absolute Gasteiger partial charge is 0.491 e. The summed E-state index contributed by atoms with van der Waals surface area (Å²) in [5.74, 6) is 9.36. The maximum Gasteiger partial charge on any atom is 0.421 e. The molecule has 9 nitrogen and oxygen atoms in total. The molecule has 4 N–H and O–H groups in total. The second-order valence-corrected chi connectivity index (χ2v) is 9.78. The highest BCUT2D eigenvalue weighted by Gasteiger charge is 2.26. The van der Waals surface area contributed by atoms with Crippen molar-refractivity contribution >= 4 is 12.1 Å². The van der Waals surface area contributed by atoms with Crippen LogP contribution in [0.15, 0.2) is 66.7 Å². The zero-order valence-corrected chi connectivity index (χ0v) is 22.9. The van der Waals surface area contributed by atoms with E-state index in [1.54, 1.807) is 36.4 Å². The fourth-order valence-electron chi connectivity index (χ4n) is 4.77. The van der Waals surface area contributed by atoms with Gasteiger partial charge in [-0.2, -0.15) is 0 Å². The Hall–Kier alpha value is -4.50. The summed E-state index contributed by atoms with van der Waals surface area (Å²) in [5, 5.41) is 19.1. The number of carboxylic acids is 1. The third-order valence-corrected chi connectivity index (χ3v) is 6.97. The normalized spacial score (nSPS) is 13.8. The molecule has 1 aliphatic heterocycles. The molecule has 0 aliphatic carbocycles. The number of hydrogen-bond acceptors (Lipinski definition) is 6. The average molecular weight is 579 g/mol. The number of carbonyl (C=O) groups is 2. The van der Waals surface area contributed by atoms with Gasteiger partial charge in [-0.05, 0) is 53.6 Å². The van der Waals surface area contributed by atoms with E-state index in [9.17, 15) is 23.5 Å². The second-order valence-electron chi connectivity index (χ2n) is 9.78. The number of rotatable bonds is 10. The van der Waals surface area contributed by atoms with Gasteiger partial charge in [0.25, 0.3) is 0 Å². The van der Waals surface area contributed by atoms with Crippen LogP contribution in [0.5, 0.6) is 5.75 Å². The molecule has 0 saturated carbocycles. The minimum atomic E-state index is -1.26. The Morgan fingerprint density at radius 2 is 1.52 bits per heavy atom. The summed E-state index contributed by atoms with van der Waals surface area (Å²) < 4.78 is 33.0. The van der Waals surface area contributed by atoms with Gasteiger partial charge in [0.05, 0.1) is 12.6 Å². The van der Waals surface area contributed by atoms with E-state index in [0.29, 0.717) is 17.1 Å². The predicted octanol–water partition coefficient (Wildman–Crippen LogP) is 4.04. The van der Waals surface area contributed by atoms with E-state index in [1.807, 2.05) is 0 Å². The monoisotopic (exact) mass is 578 g/mol. The van der Waals surface area contributed by atoms with Gasteiger partial charge >= 0.3 is 12.1 Å². The van der Waals surface area contributed by atoms with Crippen LogP contribution in [0.1, 0.15) is 39.5 Å². The molecule has 3 aromatic carbocycles. The van der Waals surface area contributed by atoms with E-state index in [0.717, 1.165) is 37.3 Å². The van der Waals surface area contributed by atoms with Gasteiger partial charge in [-0.3, -0.25) is 9.80 Å². The number of halogens is 2. The zero-order valence-electron chi connectivity index (χ0n) is 22.9. The molecular weight excluding hydrogens is 546 g/mol. The lowest BCUT2D eigenvalue weighted by Crippen LogP contribution is -2.48. The molecule has 1 heterocycles. The van der Waals surface area contributed by atoms with E-state index < -0.39 is 12.1 Å². The summed E-state index contributed by atoms with van der Waals surface area (Å²) in [6.45, 7) is 3.83. The van der Waals surface area contributed by atoms with Crippen molar-refractivity contribution in [3.8, 4) is 17.6 Å². The van der Waals surface area contributed by atoms with Gasteiger partial charge in [0.1, 0.15) is 29.6 Å². The van der Waals surface area contributed by atoms with Gasteiger partial charge in [0, 0.05) is 44.7 Å². The topological polar surface area (TPSA) is 120 Å². The number of amides is 1. The third-order valence-electron chi connectivity index (χ3n) is 6.97. The Morgan fingerprint density at radius 3 is 2.07 bits per heavy atom. The highest BCUT2D eigenvalue weighted by molar-refractivity contribution is 5.91. The van der Waals surface area contributed by atoms with Crippen molar-refractivity contribution in [3.63, 3.8) is 0 Å². The van der Waals surface area contributed by atoms with Gasteiger partial charge < -0.3 is 14.9 Å². The summed E-state index contributed by atoms with van der Waals surface area (Å²) in [6.07, 6.45) is -1.06. The van der Waals surface area contributed by atoms with Crippen molar-refractivity contribution in [2.24, 2.45) is 5.84 Å². The summed E-state index contributed by atoms with van der Waals surface area (Å²) >= 11 is 0. The Kier molecular flexibility index (Phi) is 10.4. The van der Waals surface area contributed by atoms with Crippen molar-refractivity contribution < 1.29 is 33.3 Å². The molecule has 0 aromatic heterocycles. The van der Waals surface area contributed by atoms with Crippen LogP contribution in [0.25, 0.3) is 0 Å². The standard InChI is InChI=1S/C31H32F2N4O5/c32-25-9-5-23(6-10-25)29(24-7-11-26(33)12-8-24)36-17-15-35(16-18-36)19-20-42-28-13-4-22(21-27(28)30(38)39)3-1-2-14-37(34)31(40)41/h4-13,21,29H,2,14-20,34H2,(H,38,39)(H,40,41). The fraction of sp³-hybridized carbons (Fsp3) is 0.290. The Balaban J connectivity index is 1.32. The van der Waals surface area contributed by atoms with Crippen molar-refractivity contribution in [3.05, 3.63) is 101 Å². The van der Waals surface area contributed by atoms with Crippen molar-refractivity contribution in [2.45, 2.75) is 12.5 Å². The molecule has 0 radical (unpaired) electrons. The summed E-state index contributed by atoms with van der Waals surface area (Å²) in [7, 11) is 0. The number of aromatic carboxylic acids is 1. The minimum absolute atomic E-state index is 0.0148. The van der Waals surface area contributed by atoms with Crippen LogP contribution < -0.4 is 10.6 Å². The van der Waals surface area contributed by atoms with Crippen LogP contribution in [0, 0.1) is 23.5 Å². The number of benzene rings is 3. The van der Waals surface area contributed by atoms with Gasteiger partial charge in [-0.1, -0.05) is 36.1 Å². The molecule has 0 spiro atoms. The van der Waals surface area contributed by atoms with Crippen LogP contribution in [-0.2, 0) is 0 Å². The first kappa shape index (κ1) is 30.5. The summed E-state index contributed by atoms with van der Waals surface area (Å²) in [5.41, 5.74) is 2.30. The smallest absolute Gasteiger partial charge is 0.421 e. The maximum atomic E-state index is 13.6. The quantitative estimate of drug-likeness (QED) is 0.143. The number of piperazine rings is 1. The second kappa shape index (κ2) is 14.4.